The summed E-state index contributed by atoms with van der Waals surface area (Å²) in [5.74, 6) is 1.14. The summed E-state index contributed by atoms with van der Waals surface area (Å²) in [6.07, 6.45) is 1.94. The van der Waals surface area contributed by atoms with Crippen molar-refractivity contribution in [3.8, 4) is 28.3 Å². The van der Waals surface area contributed by atoms with Gasteiger partial charge in [-0.3, -0.25) is 4.79 Å². The van der Waals surface area contributed by atoms with Gasteiger partial charge in [0, 0.05) is 11.1 Å². The summed E-state index contributed by atoms with van der Waals surface area (Å²) >= 11 is 0. The molecule has 0 spiro atoms. The molecule has 5 aromatic rings. The number of rotatable bonds is 7. The Balaban J connectivity index is 1.43. The van der Waals surface area contributed by atoms with E-state index in [1.165, 1.54) is 5.56 Å². The first kappa shape index (κ1) is 28.2. The van der Waals surface area contributed by atoms with Gasteiger partial charge in [0.15, 0.2) is 5.82 Å². The zero-order valence-electron chi connectivity index (χ0n) is 24.7. The fraction of sp³-hybridized carbons (Fsp3) is 0.229. The predicted molar refractivity (Wildman–Crippen MR) is 172 cm³/mol. The van der Waals surface area contributed by atoms with E-state index in [0.29, 0.717) is 11.5 Å². The third-order valence-corrected chi connectivity index (χ3v) is 12.2. The zero-order valence-corrected chi connectivity index (χ0v) is 25.7. The normalized spacial score (nSPS) is 11.9. The molecule has 5 rings (SSSR count). The van der Waals surface area contributed by atoms with E-state index < -0.39 is 8.32 Å². The Hall–Kier alpha value is -4.29. The topological polar surface area (TPSA) is 64.1 Å². The molecule has 1 aromatic heterocycles. The number of benzene rings is 4. The maximum absolute atomic E-state index is 13.3. The molecule has 0 atom stereocenters. The van der Waals surface area contributed by atoms with Gasteiger partial charge in [-0.15, -0.1) is 0 Å². The molecule has 4 aromatic carbocycles. The van der Waals surface area contributed by atoms with Crippen molar-refractivity contribution in [2.45, 2.75) is 52.2 Å². The number of hydrogen-bond donors (Lipinski definition) is 1. The quantitative estimate of drug-likeness (QED) is 0.202. The van der Waals surface area contributed by atoms with Crippen molar-refractivity contribution >= 4 is 30.8 Å². The molecular weight excluding hydrogens is 522 g/mol. The minimum Gasteiger partial charge on any atom is -0.544 e. The van der Waals surface area contributed by atoms with E-state index >= 15 is 0 Å². The van der Waals surface area contributed by atoms with Crippen LogP contribution in [0.2, 0.25) is 18.1 Å². The number of fused-ring (bicyclic) bond motifs is 1. The van der Waals surface area contributed by atoms with Gasteiger partial charge < -0.3 is 9.74 Å². The highest BCUT2D eigenvalue weighted by molar-refractivity contribution is 6.74. The molecule has 41 heavy (non-hydrogen) atoms. The molecule has 5 nitrogen and oxygen atoms in total. The lowest BCUT2D eigenvalue weighted by Gasteiger charge is -2.36. The first-order chi connectivity index (χ1) is 19.5. The van der Waals surface area contributed by atoms with E-state index in [4.69, 9.17) is 14.4 Å². The summed E-state index contributed by atoms with van der Waals surface area (Å²) in [6.45, 7) is 13.2. The highest BCUT2D eigenvalue weighted by Crippen LogP contribution is 2.37. The lowest BCUT2D eigenvalue weighted by Crippen LogP contribution is -2.43. The third kappa shape index (κ3) is 6.39. The van der Waals surface area contributed by atoms with E-state index in [1.807, 2.05) is 60.7 Å². The van der Waals surface area contributed by atoms with E-state index in [-0.39, 0.29) is 17.4 Å². The van der Waals surface area contributed by atoms with Crippen molar-refractivity contribution in [2.24, 2.45) is 0 Å². The van der Waals surface area contributed by atoms with Crippen molar-refractivity contribution in [3.63, 3.8) is 0 Å². The molecule has 0 aliphatic carbocycles. The summed E-state index contributed by atoms with van der Waals surface area (Å²) in [6, 6.07) is 30.3. The number of nitrogens with one attached hydrogen (secondary N) is 1. The molecule has 208 valence electrons. The van der Waals surface area contributed by atoms with Crippen LogP contribution in [0.15, 0.2) is 97.2 Å². The Morgan fingerprint density at radius 2 is 1.56 bits per heavy atom. The zero-order chi connectivity index (χ0) is 29.2. The molecule has 0 aliphatic rings. The number of anilines is 1. The van der Waals surface area contributed by atoms with Crippen molar-refractivity contribution < 1.29 is 9.22 Å². The minimum atomic E-state index is -1.93. The van der Waals surface area contributed by atoms with Gasteiger partial charge in [-0.05, 0) is 53.5 Å². The van der Waals surface area contributed by atoms with Crippen LogP contribution in [0.25, 0.3) is 33.3 Å². The van der Waals surface area contributed by atoms with E-state index in [1.54, 1.807) is 6.20 Å². The van der Waals surface area contributed by atoms with Crippen molar-refractivity contribution in [1.29, 1.82) is 0 Å². The number of carbonyl (C=O) groups excluding carboxylic acids is 1. The largest absolute Gasteiger partial charge is 0.544 e. The van der Waals surface area contributed by atoms with Crippen LogP contribution in [0.1, 0.15) is 31.9 Å². The molecule has 0 unspecified atom stereocenters. The Morgan fingerprint density at radius 3 is 2.27 bits per heavy atom. The van der Waals surface area contributed by atoms with Crippen molar-refractivity contribution in [3.05, 3.63) is 108 Å². The molecule has 6 heteroatoms. The molecule has 0 radical (unpaired) electrons. The molecule has 0 bridgehead atoms. The molecule has 0 fully saturated rings. The number of carbonyl (C=O) groups is 1. The number of hydrogen-bond acceptors (Lipinski definition) is 4. The average Bonchev–Trinajstić information content (AvgIpc) is 2.94. The lowest BCUT2D eigenvalue weighted by molar-refractivity contribution is -0.115. The van der Waals surface area contributed by atoms with Crippen molar-refractivity contribution in [2.75, 3.05) is 5.32 Å². The second-order valence-electron chi connectivity index (χ2n) is 12.1. The fourth-order valence-electron chi connectivity index (χ4n) is 4.45. The van der Waals surface area contributed by atoms with Gasteiger partial charge in [-0.1, -0.05) is 105 Å². The van der Waals surface area contributed by atoms with Gasteiger partial charge in [-0.25, -0.2) is 9.97 Å². The van der Waals surface area contributed by atoms with Crippen LogP contribution < -0.4 is 9.74 Å². The number of aryl methyl sites for hydroxylation is 1. The van der Waals surface area contributed by atoms with Crippen LogP contribution in [-0.2, 0) is 11.2 Å². The maximum Gasteiger partial charge on any atom is 0.250 e. The molecule has 1 heterocycles. The first-order valence-electron chi connectivity index (χ1n) is 14.0. The highest BCUT2D eigenvalue weighted by atomic mass is 28.4. The molecule has 1 N–H and O–H groups in total. The maximum atomic E-state index is 13.3. The Labute approximate surface area is 243 Å². The van der Waals surface area contributed by atoms with Gasteiger partial charge >= 0.3 is 0 Å². The number of nitrogens with zero attached hydrogens (tertiary/aromatic N) is 2. The van der Waals surface area contributed by atoms with Gasteiger partial charge in [0.1, 0.15) is 11.4 Å². The third-order valence-electron chi connectivity index (χ3n) is 7.89. The molecular formula is C35H37N3O2Si. The fourth-order valence-corrected chi connectivity index (χ4v) is 5.48. The Bertz CT molecular complexity index is 1680. The second kappa shape index (κ2) is 11.3. The van der Waals surface area contributed by atoms with Gasteiger partial charge in [0.05, 0.1) is 18.3 Å². The number of aromatic nitrogens is 2. The van der Waals surface area contributed by atoms with Crippen LogP contribution in [0.5, 0.6) is 5.75 Å². The van der Waals surface area contributed by atoms with Gasteiger partial charge in [-0.2, -0.15) is 0 Å². The molecule has 0 saturated heterocycles. The Kier molecular flexibility index (Phi) is 7.78. The summed E-state index contributed by atoms with van der Waals surface area (Å²) in [7, 11) is -1.93. The minimum absolute atomic E-state index is 0.114. The van der Waals surface area contributed by atoms with Gasteiger partial charge in [0.25, 0.3) is 0 Å². The monoisotopic (exact) mass is 559 g/mol. The SMILES string of the molecule is Cc1ccc(-c2cnc(NC(=O)Cc3ccc(O[Si](C)(C)C(C)(C)C)cc3)c(-c3cccc4ccccc34)n2)cc1. The molecule has 1 amide bonds. The van der Waals surface area contributed by atoms with Crippen LogP contribution in [0.3, 0.4) is 0 Å². The van der Waals surface area contributed by atoms with Gasteiger partial charge in [0.2, 0.25) is 14.2 Å². The predicted octanol–water partition coefficient (Wildman–Crippen LogP) is 8.84. The van der Waals surface area contributed by atoms with E-state index in [2.05, 4.69) is 76.4 Å². The summed E-state index contributed by atoms with van der Waals surface area (Å²) in [5, 5.41) is 5.32. The second-order valence-corrected chi connectivity index (χ2v) is 16.8. The first-order valence-corrected chi connectivity index (χ1v) is 16.9. The standard InChI is InChI=1S/C35H37N3O2Si/c1-24-14-18-27(19-15-24)31-23-36-34(33(37-31)30-13-9-11-26-10-7-8-12-29(26)30)38-32(39)22-25-16-20-28(21-17-25)40-41(5,6)35(2,3)4/h7-21,23H,22H2,1-6H3,(H,36,38,39). The average molecular weight is 560 g/mol. The summed E-state index contributed by atoms with van der Waals surface area (Å²) in [4.78, 5) is 23.0. The van der Waals surface area contributed by atoms with E-state index in [9.17, 15) is 4.79 Å². The van der Waals surface area contributed by atoms with Crippen LogP contribution in [0.4, 0.5) is 5.82 Å². The summed E-state index contributed by atoms with van der Waals surface area (Å²) in [5.41, 5.74) is 5.38. The lowest BCUT2D eigenvalue weighted by atomic mass is 10.0. The smallest absolute Gasteiger partial charge is 0.250 e. The van der Waals surface area contributed by atoms with E-state index in [0.717, 1.165) is 38.9 Å². The van der Waals surface area contributed by atoms with Crippen LogP contribution in [0, 0.1) is 6.92 Å². The number of amides is 1. The van der Waals surface area contributed by atoms with Crippen LogP contribution in [-0.4, -0.2) is 24.2 Å². The van der Waals surface area contributed by atoms with Crippen LogP contribution >= 0.6 is 0 Å². The van der Waals surface area contributed by atoms with Crippen molar-refractivity contribution in [1.82, 2.24) is 9.97 Å². The molecule has 0 saturated carbocycles. The highest BCUT2D eigenvalue weighted by Gasteiger charge is 2.38. The molecule has 0 aliphatic heterocycles. The Morgan fingerprint density at radius 1 is 0.878 bits per heavy atom. The summed E-state index contributed by atoms with van der Waals surface area (Å²) < 4.78 is 6.40.